The van der Waals surface area contributed by atoms with Crippen molar-refractivity contribution in [2.24, 2.45) is 0 Å². The number of halogens is 3. The fourth-order valence-electron chi connectivity index (χ4n) is 8.09. The lowest BCUT2D eigenvalue weighted by atomic mass is 9.67. The molecule has 0 bridgehead atoms. The molecular formula is C39H24Br2FNO. The van der Waals surface area contributed by atoms with E-state index in [1.807, 2.05) is 24.3 Å². The molecule has 44 heavy (non-hydrogen) atoms. The number of nitrogens with zero attached hydrogens (tertiary/aromatic N) is 1. The monoisotopic (exact) mass is 699 g/mol. The van der Waals surface area contributed by atoms with Crippen molar-refractivity contribution in [1.29, 1.82) is 0 Å². The molecule has 1 unspecified atom stereocenters. The second-order valence-electron chi connectivity index (χ2n) is 12.3. The molecule has 2 nitrogen and oxygen atoms in total. The van der Waals surface area contributed by atoms with Gasteiger partial charge in [-0.05, 0) is 102 Å². The molecule has 0 amide bonds. The van der Waals surface area contributed by atoms with E-state index in [2.05, 4.69) is 117 Å². The largest absolute Gasteiger partial charge is 0.437 e. The number of benzene rings is 5. The van der Waals surface area contributed by atoms with Gasteiger partial charge in [-0.25, -0.2) is 9.37 Å². The third-order valence-electron chi connectivity index (χ3n) is 9.77. The Bertz CT molecular complexity index is 2360. The number of aromatic nitrogens is 1. The van der Waals surface area contributed by atoms with Crippen LogP contribution in [-0.4, -0.2) is 4.98 Å². The van der Waals surface area contributed by atoms with Gasteiger partial charge in [-0.1, -0.05) is 96.5 Å². The average Bonchev–Trinajstić information content (AvgIpc) is 3.63. The summed E-state index contributed by atoms with van der Waals surface area (Å²) >= 11 is 8.02. The molecule has 0 radical (unpaired) electrons. The van der Waals surface area contributed by atoms with Crippen molar-refractivity contribution in [3.8, 4) is 22.3 Å². The van der Waals surface area contributed by atoms with Gasteiger partial charge in [0.1, 0.15) is 11.4 Å². The smallest absolute Gasteiger partial charge is 0.227 e. The van der Waals surface area contributed by atoms with E-state index in [0.717, 1.165) is 58.7 Å². The normalized spacial score (nSPS) is 17.5. The Hall–Kier alpha value is -4.06. The van der Waals surface area contributed by atoms with Crippen LogP contribution in [0.4, 0.5) is 4.39 Å². The van der Waals surface area contributed by atoms with Gasteiger partial charge in [-0.3, -0.25) is 0 Å². The molecule has 2 aromatic heterocycles. The molecule has 0 fully saturated rings. The van der Waals surface area contributed by atoms with Crippen LogP contribution in [0, 0.1) is 5.82 Å². The SMILES string of the molecule is CC1(C)c2ccccc2-c2c3c(cc(Br)c21)C(c1ccccc1)(c1cccc(F)c1)c1cc(Br)c2c(oc4ncccc42)c1-3. The first-order valence-corrected chi connectivity index (χ1v) is 16.2. The van der Waals surface area contributed by atoms with Crippen molar-refractivity contribution >= 4 is 53.9 Å². The van der Waals surface area contributed by atoms with E-state index in [9.17, 15) is 0 Å². The molecule has 0 N–H and O–H groups in total. The summed E-state index contributed by atoms with van der Waals surface area (Å²) in [5, 5.41) is 1.94. The molecule has 2 aliphatic rings. The van der Waals surface area contributed by atoms with Crippen LogP contribution in [0.3, 0.4) is 0 Å². The van der Waals surface area contributed by atoms with Gasteiger partial charge in [-0.2, -0.15) is 0 Å². The van der Waals surface area contributed by atoms with Crippen molar-refractivity contribution in [1.82, 2.24) is 4.98 Å². The molecule has 2 heterocycles. The summed E-state index contributed by atoms with van der Waals surface area (Å²) < 4.78 is 24.0. The molecular weight excluding hydrogens is 677 g/mol. The van der Waals surface area contributed by atoms with Crippen LogP contribution >= 0.6 is 31.9 Å². The molecule has 0 saturated carbocycles. The first kappa shape index (κ1) is 26.4. The second kappa shape index (κ2) is 8.99. The van der Waals surface area contributed by atoms with Crippen LogP contribution in [0.2, 0.25) is 0 Å². The predicted molar refractivity (Wildman–Crippen MR) is 182 cm³/mol. The number of pyridine rings is 1. The zero-order valence-electron chi connectivity index (χ0n) is 23.9. The average molecular weight is 701 g/mol. The molecule has 7 aromatic rings. The van der Waals surface area contributed by atoms with Gasteiger partial charge in [0.25, 0.3) is 0 Å². The molecule has 0 spiro atoms. The van der Waals surface area contributed by atoms with Gasteiger partial charge in [0.2, 0.25) is 5.71 Å². The molecule has 5 heteroatoms. The molecule has 0 aliphatic heterocycles. The summed E-state index contributed by atoms with van der Waals surface area (Å²) in [5.74, 6) is -0.271. The van der Waals surface area contributed by atoms with Crippen molar-refractivity contribution in [2.45, 2.75) is 24.7 Å². The van der Waals surface area contributed by atoms with Crippen LogP contribution < -0.4 is 0 Å². The highest BCUT2D eigenvalue weighted by Crippen LogP contribution is 2.65. The van der Waals surface area contributed by atoms with E-state index in [4.69, 9.17) is 4.42 Å². The fourth-order valence-corrected chi connectivity index (χ4v) is 9.64. The Morgan fingerprint density at radius 1 is 0.682 bits per heavy atom. The van der Waals surface area contributed by atoms with E-state index < -0.39 is 5.41 Å². The van der Waals surface area contributed by atoms with Crippen LogP contribution in [0.25, 0.3) is 44.3 Å². The van der Waals surface area contributed by atoms with E-state index in [-0.39, 0.29) is 11.2 Å². The quantitative estimate of drug-likeness (QED) is 0.179. The van der Waals surface area contributed by atoms with Crippen LogP contribution in [0.15, 0.2) is 123 Å². The maximum atomic E-state index is 15.3. The topological polar surface area (TPSA) is 26.0 Å². The minimum absolute atomic E-state index is 0.235. The predicted octanol–water partition coefficient (Wildman–Crippen LogP) is 11.3. The Labute approximate surface area is 270 Å². The van der Waals surface area contributed by atoms with Crippen LogP contribution in [-0.2, 0) is 10.8 Å². The number of hydrogen-bond donors (Lipinski definition) is 0. The van der Waals surface area contributed by atoms with Crippen molar-refractivity contribution in [3.05, 3.63) is 157 Å². The highest BCUT2D eigenvalue weighted by Gasteiger charge is 2.52. The van der Waals surface area contributed by atoms with E-state index in [1.54, 1.807) is 12.3 Å². The highest BCUT2D eigenvalue weighted by molar-refractivity contribution is 9.11. The number of fused-ring (bicyclic) bond motifs is 11. The Morgan fingerprint density at radius 3 is 2.23 bits per heavy atom. The number of hydrogen-bond acceptors (Lipinski definition) is 2. The standard InChI is InChI=1S/C39H24Br2FNO/c1-38(2)26-16-7-6-14-24(26)32-33-27(20-30(41)35(32)38)39(21-10-4-3-5-11-21,22-12-8-13-23(42)18-22)28-19-29(40)31-25-15-9-17-43-37(25)44-36(31)34(28)33/h3-20H,1-2H3. The Kier molecular flexibility index (Phi) is 5.39. The molecule has 5 aromatic carbocycles. The lowest BCUT2D eigenvalue weighted by Gasteiger charge is -2.34. The summed E-state index contributed by atoms with van der Waals surface area (Å²) in [6.45, 7) is 4.59. The maximum absolute atomic E-state index is 15.3. The summed E-state index contributed by atoms with van der Waals surface area (Å²) in [7, 11) is 0. The lowest BCUT2D eigenvalue weighted by Crippen LogP contribution is -2.29. The Balaban J connectivity index is 1.58. The molecule has 9 rings (SSSR count). The minimum atomic E-state index is -0.823. The van der Waals surface area contributed by atoms with Gasteiger partial charge in [0.05, 0.1) is 5.41 Å². The van der Waals surface area contributed by atoms with Gasteiger partial charge in [0.15, 0.2) is 0 Å². The van der Waals surface area contributed by atoms with E-state index >= 15 is 4.39 Å². The third-order valence-corrected chi connectivity index (χ3v) is 11.0. The van der Waals surface area contributed by atoms with E-state index in [0.29, 0.717) is 5.71 Å². The van der Waals surface area contributed by atoms with Crippen LogP contribution in [0.5, 0.6) is 0 Å². The summed E-state index contributed by atoms with van der Waals surface area (Å²) in [4.78, 5) is 4.61. The van der Waals surface area contributed by atoms with Crippen molar-refractivity contribution in [3.63, 3.8) is 0 Å². The first-order chi connectivity index (χ1) is 21.3. The summed E-state index contributed by atoms with van der Waals surface area (Å²) in [6, 6.07) is 34.7. The third kappa shape index (κ3) is 3.16. The Morgan fingerprint density at radius 2 is 1.41 bits per heavy atom. The van der Waals surface area contributed by atoms with Gasteiger partial charge < -0.3 is 4.42 Å². The van der Waals surface area contributed by atoms with E-state index in [1.165, 1.54) is 28.3 Å². The first-order valence-electron chi connectivity index (χ1n) is 14.6. The number of furan rings is 1. The lowest BCUT2D eigenvalue weighted by molar-refractivity contribution is 0.620. The fraction of sp³-hybridized carbons (Fsp3) is 0.103. The highest BCUT2D eigenvalue weighted by atomic mass is 79.9. The van der Waals surface area contributed by atoms with Gasteiger partial charge in [0, 0.05) is 36.9 Å². The maximum Gasteiger partial charge on any atom is 0.227 e. The van der Waals surface area contributed by atoms with Crippen molar-refractivity contribution in [2.75, 3.05) is 0 Å². The van der Waals surface area contributed by atoms with Crippen molar-refractivity contribution < 1.29 is 8.81 Å². The molecule has 212 valence electrons. The molecule has 0 saturated heterocycles. The van der Waals surface area contributed by atoms with Gasteiger partial charge >= 0.3 is 0 Å². The zero-order valence-corrected chi connectivity index (χ0v) is 27.1. The zero-order chi connectivity index (χ0) is 30.0. The van der Waals surface area contributed by atoms with Gasteiger partial charge in [-0.15, -0.1) is 0 Å². The summed E-state index contributed by atoms with van der Waals surface area (Å²) in [5.41, 5.74) is 11.5. The molecule has 2 aliphatic carbocycles. The summed E-state index contributed by atoms with van der Waals surface area (Å²) in [6.07, 6.45) is 1.77. The minimum Gasteiger partial charge on any atom is -0.437 e. The van der Waals surface area contributed by atoms with Crippen LogP contribution in [0.1, 0.15) is 47.2 Å². The number of rotatable bonds is 2. The molecule has 1 atom stereocenters. The second-order valence-corrected chi connectivity index (χ2v) is 14.0.